The fourth-order valence-corrected chi connectivity index (χ4v) is 5.80. The van der Waals surface area contributed by atoms with Gasteiger partial charge in [0.05, 0.1) is 11.5 Å². The van der Waals surface area contributed by atoms with Crippen molar-refractivity contribution in [3.05, 3.63) is 35.1 Å². The molecule has 1 aromatic rings. The predicted molar refractivity (Wildman–Crippen MR) is 104 cm³/mol. The zero-order chi connectivity index (χ0) is 19.4. The lowest BCUT2D eigenvalue weighted by molar-refractivity contribution is 0.180. The third kappa shape index (κ3) is 5.43. The van der Waals surface area contributed by atoms with Gasteiger partial charge in [-0.1, -0.05) is 6.07 Å². The number of amides is 2. The molecule has 0 aromatic heterocycles. The highest BCUT2D eigenvalue weighted by Gasteiger charge is 2.26. The predicted octanol–water partition coefficient (Wildman–Crippen LogP) is 3.24. The lowest BCUT2D eigenvalue weighted by atomic mass is 9.87. The molecule has 0 spiro atoms. The lowest BCUT2D eigenvalue weighted by Gasteiger charge is -2.33. The zero-order valence-corrected chi connectivity index (χ0v) is 16.7. The van der Waals surface area contributed by atoms with Gasteiger partial charge in [-0.25, -0.2) is 17.6 Å². The molecule has 7 heteroatoms. The molecule has 0 bridgehead atoms. The lowest BCUT2D eigenvalue weighted by Crippen LogP contribution is -2.44. The van der Waals surface area contributed by atoms with Crippen LogP contribution in [0.1, 0.15) is 49.1 Å². The van der Waals surface area contributed by atoms with Gasteiger partial charge in [0.15, 0.2) is 0 Å². The number of carbonyl (C=O) groups excluding carboxylic acids is 1. The Labute approximate surface area is 161 Å². The third-order valence-corrected chi connectivity index (χ3v) is 7.67. The average Bonchev–Trinajstić information content (AvgIpc) is 2.63. The summed E-state index contributed by atoms with van der Waals surface area (Å²) in [4.78, 5) is 14.2. The number of hydrogen-bond acceptors (Lipinski definition) is 3. The standard InChI is InChI=1S/C20H29FN2O3S/c1-15-14-18(21)2-3-19(15)17-5-10-23(11-6-17)20(24)22-9-4-16-7-12-27(25,26)13-8-16/h2-3,14,16-17H,4-13H2,1H3,(H,22,24). The molecule has 2 fully saturated rings. The van der Waals surface area contributed by atoms with E-state index in [1.54, 1.807) is 6.07 Å². The molecule has 0 aliphatic carbocycles. The first-order valence-electron chi connectivity index (χ1n) is 9.83. The number of nitrogens with zero attached hydrogens (tertiary/aromatic N) is 1. The van der Waals surface area contributed by atoms with Gasteiger partial charge in [-0.3, -0.25) is 0 Å². The molecular formula is C20H29FN2O3S. The van der Waals surface area contributed by atoms with Gasteiger partial charge in [0.1, 0.15) is 15.7 Å². The van der Waals surface area contributed by atoms with E-state index in [9.17, 15) is 17.6 Å². The second kappa shape index (κ2) is 8.59. The molecule has 2 heterocycles. The maximum atomic E-state index is 13.3. The van der Waals surface area contributed by atoms with Crippen LogP contribution in [0.4, 0.5) is 9.18 Å². The summed E-state index contributed by atoms with van der Waals surface area (Å²) in [5.41, 5.74) is 2.16. The summed E-state index contributed by atoms with van der Waals surface area (Å²) < 4.78 is 36.2. The van der Waals surface area contributed by atoms with Gasteiger partial charge in [-0.2, -0.15) is 0 Å². The number of benzene rings is 1. The van der Waals surface area contributed by atoms with Crippen LogP contribution in [0, 0.1) is 18.7 Å². The van der Waals surface area contributed by atoms with Crippen LogP contribution in [0.2, 0.25) is 0 Å². The number of sulfone groups is 1. The van der Waals surface area contributed by atoms with Gasteiger partial charge in [0.25, 0.3) is 0 Å². The number of rotatable bonds is 4. The number of likely N-dealkylation sites (tertiary alicyclic amines) is 1. The number of aryl methyl sites for hydroxylation is 1. The Morgan fingerprint density at radius 1 is 1.19 bits per heavy atom. The number of piperidine rings is 1. The van der Waals surface area contributed by atoms with E-state index in [1.165, 1.54) is 11.6 Å². The number of hydrogen-bond donors (Lipinski definition) is 1. The Balaban J connectivity index is 1.40. The molecule has 1 N–H and O–H groups in total. The number of halogens is 1. The summed E-state index contributed by atoms with van der Waals surface area (Å²) in [6.45, 7) is 3.94. The van der Waals surface area contributed by atoms with Crippen molar-refractivity contribution >= 4 is 15.9 Å². The topological polar surface area (TPSA) is 66.5 Å². The van der Waals surface area contributed by atoms with Crippen LogP contribution in [0.5, 0.6) is 0 Å². The fraction of sp³-hybridized carbons (Fsp3) is 0.650. The summed E-state index contributed by atoms with van der Waals surface area (Å²) in [5.74, 6) is 1.12. The highest BCUT2D eigenvalue weighted by molar-refractivity contribution is 7.91. The van der Waals surface area contributed by atoms with Gasteiger partial charge in [0.2, 0.25) is 0 Å². The van der Waals surface area contributed by atoms with Crippen molar-refractivity contribution in [1.82, 2.24) is 10.2 Å². The van der Waals surface area contributed by atoms with Gasteiger partial charge in [-0.15, -0.1) is 0 Å². The molecule has 2 amide bonds. The summed E-state index contributed by atoms with van der Waals surface area (Å²) >= 11 is 0. The molecule has 150 valence electrons. The van der Waals surface area contributed by atoms with Crippen molar-refractivity contribution in [1.29, 1.82) is 0 Å². The molecule has 0 saturated carbocycles. The molecule has 0 atom stereocenters. The first-order chi connectivity index (χ1) is 12.8. The first kappa shape index (κ1) is 20.1. The Kier molecular flexibility index (Phi) is 6.40. The van der Waals surface area contributed by atoms with Crippen molar-refractivity contribution in [2.75, 3.05) is 31.1 Å². The molecule has 2 saturated heterocycles. The average molecular weight is 397 g/mol. The molecule has 2 aliphatic rings. The van der Waals surface area contributed by atoms with Crippen molar-refractivity contribution in [2.45, 2.75) is 44.9 Å². The van der Waals surface area contributed by atoms with Crippen LogP contribution in [0.3, 0.4) is 0 Å². The van der Waals surface area contributed by atoms with E-state index >= 15 is 0 Å². The highest BCUT2D eigenvalue weighted by Crippen LogP contribution is 2.30. The van der Waals surface area contributed by atoms with Gasteiger partial charge >= 0.3 is 6.03 Å². The van der Waals surface area contributed by atoms with E-state index < -0.39 is 9.84 Å². The smallest absolute Gasteiger partial charge is 0.317 e. The van der Waals surface area contributed by atoms with Crippen molar-refractivity contribution in [3.63, 3.8) is 0 Å². The molecule has 0 radical (unpaired) electrons. The van der Waals surface area contributed by atoms with Gasteiger partial charge in [-0.05, 0) is 74.1 Å². The van der Waals surface area contributed by atoms with Crippen LogP contribution in [-0.2, 0) is 9.84 Å². The molecule has 5 nitrogen and oxygen atoms in total. The molecule has 0 unspecified atom stereocenters. The summed E-state index contributed by atoms with van der Waals surface area (Å²) in [6, 6.07) is 4.92. The minimum absolute atomic E-state index is 0.0345. The molecule has 27 heavy (non-hydrogen) atoms. The SMILES string of the molecule is Cc1cc(F)ccc1C1CCN(C(=O)NCCC2CCS(=O)(=O)CC2)CC1. The minimum Gasteiger partial charge on any atom is -0.338 e. The number of carbonyl (C=O) groups is 1. The maximum absolute atomic E-state index is 13.3. The second-order valence-corrected chi connectivity index (χ2v) is 10.2. The van der Waals surface area contributed by atoms with Crippen LogP contribution < -0.4 is 5.32 Å². The van der Waals surface area contributed by atoms with E-state index in [-0.39, 0.29) is 23.4 Å². The summed E-state index contributed by atoms with van der Waals surface area (Å²) in [5, 5.41) is 2.98. The Hall–Kier alpha value is -1.63. The van der Waals surface area contributed by atoms with Crippen molar-refractivity contribution in [2.24, 2.45) is 5.92 Å². The quantitative estimate of drug-likeness (QED) is 0.850. The van der Waals surface area contributed by atoms with E-state index in [2.05, 4.69) is 5.32 Å². The summed E-state index contributed by atoms with van der Waals surface area (Å²) in [7, 11) is -2.82. The number of urea groups is 1. The van der Waals surface area contributed by atoms with Gasteiger partial charge < -0.3 is 10.2 Å². The maximum Gasteiger partial charge on any atom is 0.317 e. The fourth-order valence-electron chi connectivity index (χ4n) is 4.21. The molecule has 2 aliphatic heterocycles. The monoisotopic (exact) mass is 396 g/mol. The van der Waals surface area contributed by atoms with E-state index in [0.717, 1.165) is 24.8 Å². The van der Waals surface area contributed by atoms with Crippen LogP contribution >= 0.6 is 0 Å². The van der Waals surface area contributed by atoms with Crippen molar-refractivity contribution < 1.29 is 17.6 Å². The zero-order valence-electron chi connectivity index (χ0n) is 15.9. The molecule has 1 aromatic carbocycles. The Morgan fingerprint density at radius 2 is 1.85 bits per heavy atom. The van der Waals surface area contributed by atoms with E-state index in [4.69, 9.17) is 0 Å². The largest absolute Gasteiger partial charge is 0.338 e. The third-order valence-electron chi connectivity index (χ3n) is 5.96. The Bertz CT molecular complexity index is 759. The van der Waals surface area contributed by atoms with Crippen molar-refractivity contribution in [3.8, 4) is 0 Å². The highest BCUT2D eigenvalue weighted by atomic mass is 32.2. The van der Waals surface area contributed by atoms with Crippen LogP contribution in [0.25, 0.3) is 0 Å². The summed E-state index contributed by atoms with van der Waals surface area (Å²) in [6.07, 6.45) is 4.04. The minimum atomic E-state index is -2.82. The number of nitrogens with one attached hydrogen (secondary N) is 1. The first-order valence-corrected chi connectivity index (χ1v) is 11.7. The van der Waals surface area contributed by atoms with Crippen LogP contribution in [-0.4, -0.2) is 50.5 Å². The van der Waals surface area contributed by atoms with Gasteiger partial charge in [0, 0.05) is 19.6 Å². The van der Waals surface area contributed by atoms with Crippen LogP contribution in [0.15, 0.2) is 18.2 Å². The molecule has 3 rings (SSSR count). The second-order valence-electron chi connectivity index (χ2n) is 7.88. The van der Waals surface area contributed by atoms with E-state index in [1.807, 2.05) is 17.9 Å². The normalized spacial score (nSPS) is 21.2. The Morgan fingerprint density at radius 3 is 2.48 bits per heavy atom. The van der Waals surface area contributed by atoms with E-state index in [0.29, 0.717) is 44.3 Å². The molecular weight excluding hydrogens is 367 g/mol.